The van der Waals surface area contributed by atoms with Crippen molar-refractivity contribution in [1.82, 2.24) is 0 Å². The molecule has 0 nitrogen and oxygen atoms in total. The van der Waals surface area contributed by atoms with Crippen molar-refractivity contribution in [3.8, 4) is 0 Å². The van der Waals surface area contributed by atoms with Gasteiger partial charge in [0, 0.05) is 37.2 Å². The minimum atomic E-state index is 1.36. The Labute approximate surface area is 112 Å². The number of hydrogen-bond acceptors (Lipinski definition) is 0. The minimum Gasteiger partial charge on any atom is -0.0683 e. The Morgan fingerprint density at radius 2 is 1.07 bits per heavy atom. The number of hydrogen-bond donors (Lipinski definition) is 0. The summed E-state index contributed by atoms with van der Waals surface area (Å²) in [6.07, 6.45) is 0. The van der Waals surface area contributed by atoms with Crippen LogP contribution < -0.4 is 0 Å². The molecule has 1 aromatic carbocycles. The van der Waals surface area contributed by atoms with Gasteiger partial charge in [0.15, 0.2) is 0 Å². The van der Waals surface area contributed by atoms with E-state index in [1.165, 1.54) is 22.3 Å². The highest BCUT2D eigenvalue weighted by Crippen LogP contribution is 2.13. The first kappa shape index (κ1) is 17.1. The Balaban J connectivity index is 0. The lowest BCUT2D eigenvalue weighted by atomic mass is 10.0. The smallest absolute Gasteiger partial charge is 0 e. The summed E-state index contributed by atoms with van der Waals surface area (Å²) < 4.78 is 0. The molecule has 0 aliphatic heterocycles. The topological polar surface area (TPSA) is 0 Å². The zero-order chi connectivity index (χ0) is 11.7. The van der Waals surface area contributed by atoms with Gasteiger partial charge in [-0.3, -0.25) is 0 Å². The molecule has 0 aliphatic rings. The third kappa shape index (κ3) is 6.22. The van der Waals surface area contributed by atoms with Gasteiger partial charge in [-0.05, 0) is 44.4 Å². The first-order valence-electron chi connectivity index (χ1n) is 4.80. The van der Waals surface area contributed by atoms with Gasteiger partial charge in [-0.15, -0.1) is 0 Å². The van der Waals surface area contributed by atoms with E-state index in [0.717, 1.165) is 0 Å². The lowest BCUT2D eigenvalue weighted by Gasteiger charge is -2.04. The van der Waals surface area contributed by atoms with E-state index < -0.39 is 0 Å². The average Bonchev–Trinajstić information content (AvgIpc) is 2.20. The van der Waals surface area contributed by atoms with E-state index in [2.05, 4.69) is 77.1 Å². The Morgan fingerprint density at radius 3 is 1.36 bits per heavy atom. The highest BCUT2D eigenvalue weighted by atomic mass is 128. The highest BCUT2D eigenvalue weighted by molar-refractivity contribution is 15.0. The Bertz CT molecular complexity index is 231. The first-order chi connectivity index (χ1) is 6.61. The number of aryl methyl sites for hydroxylation is 3. The zero-order valence-corrected chi connectivity index (χ0v) is 14.2. The second-order valence-corrected chi connectivity index (χ2v) is 3.02. The molecule has 0 radical (unpaired) electrons. The largest absolute Gasteiger partial charge is 0.0683 e. The van der Waals surface area contributed by atoms with Crippen LogP contribution in [0.2, 0.25) is 0 Å². The Hall–Kier alpha value is 0.680. The fourth-order valence-electron chi connectivity index (χ4n) is 1.25. The summed E-state index contributed by atoms with van der Waals surface area (Å²) >= 11 is 4.24. The van der Waals surface area contributed by atoms with Crippen molar-refractivity contribution in [3.05, 3.63) is 34.4 Å². The summed E-state index contributed by atoms with van der Waals surface area (Å²) in [4.78, 5) is 0. The van der Waals surface area contributed by atoms with Gasteiger partial charge in [-0.2, -0.15) is 0 Å². The van der Waals surface area contributed by atoms with Gasteiger partial charge >= 0.3 is 0 Å². The SMILES string of the molecule is CC.Cc1cc(C)c(C)c(C)c1.II. The van der Waals surface area contributed by atoms with Crippen molar-refractivity contribution in [1.29, 1.82) is 0 Å². The minimum absolute atomic E-state index is 1.36. The molecule has 0 atom stereocenters. The molecule has 0 heterocycles. The van der Waals surface area contributed by atoms with Gasteiger partial charge in [0.05, 0.1) is 0 Å². The van der Waals surface area contributed by atoms with Crippen LogP contribution in [0, 0.1) is 27.7 Å². The van der Waals surface area contributed by atoms with E-state index >= 15 is 0 Å². The van der Waals surface area contributed by atoms with E-state index in [-0.39, 0.29) is 0 Å². The van der Waals surface area contributed by atoms with Crippen LogP contribution in [0.3, 0.4) is 0 Å². The molecule has 0 saturated carbocycles. The van der Waals surface area contributed by atoms with E-state index in [9.17, 15) is 0 Å². The Morgan fingerprint density at radius 1 is 0.786 bits per heavy atom. The maximum Gasteiger partial charge on any atom is 0 e. The third-order valence-electron chi connectivity index (χ3n) is 2.07. The monoisotopic (exact) mass is 418 g/mol. The molecule has 0 unspecified atom stereocenters. The van der Waals surface area contributed by atoms with Crippen molar-refractivity contribution in [2.45, 2.75) is 41.5 Å². The predicted molar refractivity (Wildman–Crippen MR) is 84.8 cm³/mol. The summed E-state index contributed by atoms with van der Waals surface area (Å²) in [6.45, 7) is 12.6. The van der Waals surface area contributed by atoms with E-state index in [4.69, 9.17) is 0 Å². The quantitative estimate of drug-likeness (QED) is 0.473. The molecule has 0 N–H and O–H groups in total. The summed E-state index contributed by atoms with van der Waals surface area (Å²) in [5.74, 6) is 0. The second-order valence-electron chi connectivity index (χ2n) is 3.02. The molecule has 1 aromatic rings. The zero-order valence-electron chi connectivity index (χ0n) is 9.91. The van der Waals surface area contributed by atoms with Crippen LogP contribution in [0.15, 0.2) is 12.1 Å². The molecule has 0 spiro atoms. The molecule has 82 valence electrons. The number of halogens is 2. The number of rotatable bonds is 0. The fourth-order valence-corrected chi connectivity index (χ4v) is 1.25. The van der Waals surface area contributed by atoms with Crippen LogP contribution in [-0.4, -0.2) is 0 Å². The molecule has 0 saturated heterocycles. The normalized spacial score (nSPS) is 8.00. The molecule has 1 rings (SSSR count). The molecule has 2 heteroatoms. The van der Waals surface area contributed by atoms with Crippen LogP contribution in [0.1, 0.15) is 36.1 Å². The van der Waals surface area contributed by atoms with E-state index in [0.29, 0.717) is 0 Å². The molecule has 0 aromatic heterocycles. The van der Waals surface area contributed by atoms with Gasteiger partial charge in [-0.1, -0.05) is 31.5 Å². The summed E-state index contributed by atoms with van der Waals surface area (Å²) in [7, 11) is 0. The molecule has 14 heavy (non-hydrogen) atoms. The molecule has 0 amide bonds. The van der Waals surface area contributed by atoms with Crippen LogP contribution >= 0.6 is 37.2 Å². The van der Waals surface area contributed by atoms with Crippen molar-refractivity contribution < 1.29 is 0 Å². The fraction of sp³-hybridized carbons (Fsp3) is 0.500. The van der Waals surface area contributed by atoms with Crippen LogP contribution in [0.4, 0.5) is 0 Å². The van der Waals surface area contributed by atoms with Crippen LogP contribution in [0.5, 0.6) is 0 Å². The van der Waals surface area contributed by atoms with Crippen LogP contribution in [0.25, 0.3) is 0 Å². The molecular formula is C12H20I2. The highest BCUT2D eigenvalue weighted by Gasteiger charge is 1.95. The van der Waals surface area contributed by atoms with Gasteiger partial charge in [0.1, 0.15) is 0 Å². The summed E-state index contributed by atoms with van der Waals surface area (Å²) in [5.41, 5.74) is 5.58. The average molecular weight is 418 g/mol. The summed E-state index contributed by atoms with van der Waals surface area (Å²) in [5, 5.41) is 0. The second kappa shape index (κ2) is 10.2. The summed E-state index contributed by atoms with van der Waals surface area (Å²) in [6, 6.07) is 4.45. The van der Waals surface area contributed by atoms with Gasteiger partial charge in [0.2, 0.25) is 0 Å². The first-order valence-corrected chi connectivity index (χ1v) is 11.1. The molecule has 0 fully saturated rings. The maximum atomic E-state index is 2.22. The van der Waals surface area contributed by atoms with Gasteiger partial charge < -0.3 is 0 Å². The van der Waals surface area contributed by atoms with Crippen molar-refractivity contribution in [3.63, 3.8) is 0 Å². The van der Waals surface area contributed by atoms with Crippen molar-refractivity contribution in [2.75, 3.05) is 0 Å². The van der Waals surface area contributed by atoms with Crippen molar-refractivity contribution >= 4 is 37.2 Å². The molecular weight excluding hydrogens is 398 g/mol. The third-order valence-corrected chi connectivity index (χ3v) is 2.07. The van der Waals surface area contributed by atoms with E-state index in [1.54, 1.807) is 0 Å². The standard InChI is InChI=1S/C10H14.C2H6.I2/c1-7-5-8(2)10(4)9(3)6-7;2*1-2/h5-6H,1-4H3;1-2H3;. The van der Waals surface area contributed by atoms with Gasteiger partial charge in [0.25, 0.3) is 0 Å². The predicted octanol–water partition coefficient (Wildman–Crippen LogP) is 5.72. The van der Waals surface area contributed by atoms with Crippen LogP contribution in [-0.2, 0) is 0 Å². The lowest BCUT2D eigenvalue weighted by Crippen LogP contribution is -1.86. The Kier molecular flexibility index (Phi) is 12.5. The lowest BCUT2D eigenvalue weighted by molar-refractivity contribution is 1.23. The molecule has 0 bridgehead atoms. The van der Waals surface area contributed by atoms with E-state index in [1.807, 2.05) is 13.8 Å². The maximum absolute atomic E-state index is 2.22. The number of benzene rings is 1. The molecule has 0 aliphatic carbocycles. The van der Waals surface area contributed by atoms with Gasteiger partial charge in [-0.25, -0.2) is 0 Å². The van der Waals surface area contributed by atoms with Crippen molar-refractivity contribution in [2.24, 2.45) is 0 Å².